The number of aliphatic imine (C=N–C) groups is 1. The van der Waals surface area contributed by atoms with Gasteiger partial charge in [0, 0.05) is 12.8 Å². The van der Waals surface area contributed by atoms with Crippen molar-refractivity contribution in [2.45, 2.75) is 6.42 Å². The van der Waals surface area contributed by atoms with E-state index in [-0.39, 0.29) is 5.82 Å². The van der Waals surface area contributed by atoms with E-state index in [0.29, 0.717) is 0 Å². The number of nitrogens with zero attached hydrogens (tertiary/aromatic N) is 1. The van der Waals surface area contributed by atoms with Gasteiger partial charge < -0.3 is 0 Å². The molecule has 0 amide bonds. The van der Waals surface area contributed by atoms with Crippen molar-refractivity contribution in [2.24, 2.45) is 4.99 Å². The van der Waals surface area contributed by atoms with E-state index in [1.807, 2.05) is 12.3 Å². The van der Waals surface area contributed by atoms with Crippen molar-refractivity contribution in [2.75, 3.05) is 6.54 Å². The van der Waals surface area contributed by atoms with Crippen LogP contribution in [-0.4, -0.2) is 12.8 Å². The molecule has 2 rings (SSSR count). The van der Waals surface area contributed by atoms with Crippen molar-refractivity contribution in [3.8, 4) is 0 Å². The van der Waals surface area contributed by atoms with E-state index in [0.717, 1.165) is 18.5 Å². The van der Waals surface area contributed by atoms with Crippen LogP contribution in [0.3, 0.4) is 0 Å². The number of dihydropyridines is 1. The Bertz CT molecular complexity index is 349. The Morgan fingerprint density at radius 1 is 1.15 bits per heavy atom. The summed E-state index contributed by atoms with van der Waals surface area (Å²) in [7, 11) is 0. The molecule has 1 aliphatic rings. The molecular weight excluding hydrogens is 165 g/mol. The van der Waals surface area contributed by atoms with Crippen LogP contribution in [0.5, 0.6) is 0 Å². The van der Waals surface area contributed by atoms with Gasteiger partial charge in [0.1, 0.15) is 5.82 Å². The first-order valence-electron chi connectivity index (χ1n) is 4.31. The average Bonchev–Trinajstić information content (AvgIpc) is 2.20. The fourth-order valence-corrected chi connectivity index (χ4v) is 1.39. The molecule has 0 N–H and O–H groups in total. The predicted octanol–water partition coefficient (Wildman–Crippen LogP) is 2.68. The number of hydrogen-bond donors (Lipinski definition) is 0. The topological polar surface area (TPSA) is 12.4 Å². The van der Waals surface area contributed by atoms with Gasteiger partial charge in [-0.25, -0.2) is 4.39 Å². The van der Waals surface area contributed by atoms with Gasteiger partial charge in [0.15, 0.2) is 0 Å². The van der Waals surface area contributed by atoms with Gasteiger partial charge >= 0.3 is 0 Å². The van der Waals surface area contributed by atoms with Crippen molar-refractivity contribution >= 4 is 11.8 Å². The highest BCUT2D eigenvalue weighted by Gasteiger charge is 2.02. The lowest BCUT2D eigenvalue weighted by Crippen LogP contribution is -1.94. The highest BCUT2D eigenvalue weighted by molar-refractivity contribution is 5.86. The summed E-state index contributed by atoms with van der Waals surface area (Å²) in [5.74, 6) is -0.186. The average molecular weight is 175 g/mol. The van der Waals surface area contributed by atoms with Crippen molar-refractivity contribution < 1.29 is 4.39 Å². The Hall–Kier alpha value is -1.44. The van der Waals surface area contributed by atoms with E-state index in [2.05, 4.69) is 4.99 Å². The summed E-state index contributed by atoms with van der Waals surface area (Å²) in [5, 5.41) is 0. The van der Waals surface area contributed by atoms with E-state index < -0.39 is 0 Å². The van der Waals surface area contributed by atoms with Gasteiger partial charge in [-0.2, -0.15) is 0 Å². The predicted molar refractivity (Wildman–Crippen MR) is 52.4 cm³/mol. The molecule has 0 spiro atoms. The van der Waals surface area contributed by atoms with Crippen LogP contribution in [0.4, 0.5) is 4.39 Å². The first-order chi connectivity index (χ1) is 6.36. The SMILES string of the molecule is Fc1ccc(C2=CC=NCC2)cc1. The summed E-state index contributed by atoms with van der Waals surface area (Å²) >= 11 is 0. The third kappa shape index (κ3) is 1.83. The Labute approximate surface area is 76.6 Å². The molecule has 0 saturated heterocycles. The maximum Gasteiger partial charge on any atom is 0.123 e. The molecule has 0 fully saturated rings. The zero-order chi connectivity index (χ0) is 9.10. The molecular formula is C11H10FN. The van der Waals surface area contributed by atoms with Crippen molar-refractivity contribution in [3.05, 3.63) is 41.7 Å². The van der Waals surface area contributed by atoms with Crippen LogP contribution >= 0.6 is 0 Å². The van der Waals surface area contributed by atoms with E-state index in [1.165, 1.54) is 17.7 Å². The number of rotatable bonds is 1. The minimum atomic E-state index is -0.186. The largest absolute Gasteiger partial charge is 0.293 e. The lowest BCUT2D eigenvalue weighted by atomic mass is 10.0. The molecule has 0 radical (unpaired) electrons. The summed E-state index contributed by atoms with van der Waals surface area (Å²) in [6.07, 6.45) is 4.74. The minimum Gasteiger partial charge on any atom is -0.293 e. The quantitative estimate of drug-likeness (QED) is 0.622. The van der Waals surface area contributed by atoms with E-state index in [4.69, 9.17) is 0 Å². The summed E-state index contributed by atoms with van der Waals surface area (Å²) in [4.78, 5) is 4.09. The van der Waals surface area contributed by atoms with Gasteiger partial charge in [0.2, 0.25) is 0 Å². The monoisotopic (exact) mass is 175 g/mol. The molecule has 1 heterocycles. The third-order valence-corrected chi connectivity index (χ3v) is 2.11. The van der Waals surface area contributed by atoms with E-state index >= 15 is 0 Å². The summed E-state index contributed by atoms with van der Waals surface area (Å²) in [5.41, 5.74) is 2.32. The Balaban J connectivity index is 2.30. The van der Waals surface area contributed by atoms with Crippen LogP contribution in [0, 0.1) is 5.82 Å². The number of hydrogen-bond acceptors (Lipinski definition) is 1. The lowest BCUT2D eigenvalue weighted by Gasteiger charge is -2.08. The van der Waals surface area contributed by atoms with Gasteiger partial charge in [0.05, 0.1) is 0 Å². The van der Waals surface area contributed by atoms with Gasteiger partial charge in [-0.05, 0) is 35.8 Å². The Morgan fingerprint density at radius 3 is 2.54 bits per heavy atom. The molecule has 1 aliphatic heterocycles. The molecule has 0 atom stereocenters. The second-order valence-electron chi connectivity index (χ2n) is 3.00. The second kappa shape index (κ2) is 3.52. The molecule has 0 saturated carbocycles. The van der Waals surface area contributed by atoms with Crippen LogP contribution in [-0.2, 0) is 0 Å². The molecule has 2 heteroatoms. The van der Waals surface area contributed by atoms with Gasteiger partial charge in [-0.1, -0.05) is 12.1 Å². The second-order valence-corrected chi connectivity index (χ2v) is 3.00. The normalized spacial score (nSPS) is 15.6. The number of allylic oxidation sites excluding steroid dienone is 1. The van der Waals surface area contributed by atoms with Crippen LogP contribution in [0.15, 0.2) is 35.3 Å². The molecule has 0 aliphatic carbocycles. The van der Waals surface area contributed by atoms with E-state index in [1.54, 1.807) is 12.1 Å². The van der Waals surface area contributed by atoms with Crippen molar-refractivity contribution in [3.63, 3.8) is 0 Å². The first kappa shape index (κ1) is 8.17. The smallest absolute Gasteiger partial charge is 0.123 e. The van der Waals surface area contributed by atoms with Crippen molar-refractivity contribution in [1.82, 2.24) is 0 Å². The molecule has 1 nitrogen and oxygen atoms in total. The fraction of sp³-hybridized carbons (Fsp3) is 0.182. The third-order valence-electron chi connectivity index (χ3n) is 2.11. The van der Waals surface area contributed by atoms with Crippen LogP contribution in [0.2, 0.25) is 0 Å². The van der Waals surface area contributed by atoms with Gasteiger partial charge in [-0.3, -0.25) is 4.99 Å². The molecule has 66 valence electrons. The Kier molecular flexibility index (Phi) is 2.21. The number of halogens is 1. The summed E-state index contributed by atoms with van der Waals surface area (Å²) in [6.45, 7) is 0.837. The lowest BCUT2D eigenvalue weighted by molar-refractivity contribution is 0.627. The molecule has 13 heavy (non-hydrogen) atoms. The fourth-order valence-electron chi connectivity index (χ4n) is 1.39. The summed E-state index contributed by atoms with van der Waals surface area (Å²) < 4.78 is 12.6. The van der Waals surface area contributed by atoms with Gasteiger partial charge in [-0.15, -0.1) is 0 Å². The van der Waals surface area contributed by atoms with Crippen LogP contribution < -0.4 is 0 Å². The highest BCUT2D eigenvalue weighted by atomic mass is 19.1. The van der Waals surface area contributed by atoms with E-state index in [9.17, 15) is 4.39 Å². The standard InChI is InChI=1S/C11H10FN/c12-11-3-1-9(2-4-11)10-5-7-13-8-6-10/h1-5,7H,6,8H2. The Morgan fingerprint density at radius 2 is 1.92 bits per heavy atom. The van der Waals surface area contributed by atoms with Crippen LogP contribution in [0.1, 0.15) is 12.0 Å². The zero-order valence-corrected chi connectivity index (χ0v) is 7.20. The summed E-state index contributed by atoms with van der Waals surface area (Å²) in [6, 6.07) is 6.59. The maximum absolute atomic E-state index is 12.6. The van der Waals surface area contributed by atoms with Crippen LogP contribution in [0.25, 0.3) is 5.57 Å². The molecule has 1 aromatic rings. The van der Waals surface area contributed by atoms with Crippen molar-refractivity contribution in [1.29, 1.82) is 0 Å². The molecule has 0 bridgehead atoms. The highest BCUT2D eigenvalue weighted by Crippen LogP contribution is 2.19. The van der Waals surface area contributed by atoms with Gasteiger partial charge in [0.25, 0.3) is 0 Å². The number of benzene rings is 1. The molecule has 0 unspecified atom stereocenters. The molecule has 0 aromatic heterocycles. The minimum absolute atomic E-state index is 0.186. The zero-order valence-electron chi connectivity index (χ0n) is 7.20. The molecule has 1 aromatic carbocycles. The first-order valence-corrected chi connectivity index (χ1v) is 4.31. The maximum atomic E-state index is 12.6.